The van der Waals surface area contributed by atoms with Gasteiger partial charge >= 0.3 is 0 Å². The van der Waals surface area contributed by atoms with Crippen molar-refractivity contribution >= 4 is 11.6 Å². The first-order chi connectivity index (χ1) is 8.97. The number of nitrogens with zero attached hydrogens (tertiary/aromatic N) is 2. The fourth-order valence-electron chi connectivity index (χ4n) is 1.55. The molecule has 0 fully saturated rings. The van der Waals surface area contributed by atoms with Gasteiger partial charge in [0.2, 0.25) is 5.82 Å². The number of H-pyrrole nitrogens is 1. The van der Waals surface area contributed by atoms with E-state index < -0.39 is 11.7 Å². The van der Waals surface area contributed by atoms with Crippen molar-refractivity contribution < 1.29 is 9.18 Å². The zero-order valence-electron chi connectivity index (χ0n) is 11.0. The van der Waals surface area contributed by atoms with Gasteiger partial charge in [0, 0.05) is 5.92 Å². The summed E-state index contributed by atoms with van der Waals surface area (Å²) in [5.74, 6) is -0.254. The van der Waals surface area contributed by atoms with E-state index in [9.17, 15) is 9.18 Å². The second kappa shape index (κ2) is 5.17. The fraction of sp³-hybridized carbons (Fsp3) is 0.308. The zero-order chi connectivity index (χ0) is 14.0. The maximum atomic E-state index is 13.5. The van der Waals surface area contributed by atoms with Crippen molar-refractivity contribution in [2.45, 2.75) is 26.7 Å². The van der Waals surface area contributed by atoms with Gasteiger partial charge in [-0.05, 0) is 24.6 Å². The van der Waals surface area contributed by atoms with Gasteiger partial charge in [0.1, 0.15) is 11.6 Å². The second-order valence-electron chi connectivity index (χ2n) is 4.64. The average Bonchev–Trinajstić information content (AvgIpc) is 2.83. The van der Waals surface area contributed by atoms with Crippen LogP contribution in [0.4, 0.5) is 10.1 Å². The molecule has 6 heteroatoms. The molecule has 2 N–H and O–H groups in total. The molecule has 0 spiro atoms. The summed E-state index contributed by atoms with van der Waals surface area (Å²) >= 11 is 0. The molecule has 0 radical (unpaired) electrons. The Balaban J connectivity index is 2.18. The third-order valence-corrected chi connectivity index (χ3v) is 2.62. The quantitative estimate of drug-likeness (QED) is 0.893. The molecule has 1 aromatic heterocycles. The van der Waals surface area contributed by atoms with Crippen LogP contribution in [0.5, 0.6) is 0 Å². The number of benzene rings is 1. The van der Waals surface area contributed by atoms with Crippen LogP contribution in [0.3, 0.4) is 0 Å². The molecule has 2 aromatic rings. The predicted octanol–water partition coefficient (Wildman–Crippen LogP) is 2.63. The average molecular weight is 262 g/mol. The number of aromatic nitrogens is 3. The van der Waals surface area contributed by atoms with Crippen LogP contribution in [0.15, 0.2) is 18.2 Å². The SMILES string of the molecule is Cc1ccc(F)c(NC(=O)c2n[nH]c(C(C)C)n2)c1. The molecule has 0 saturated heterocycles. The summed E-state index contributed by atoms with van der Waals surface area (Å²) in [5, 5.41) is 8.96. The molecule has 100 valence electrons. The van der Waals surface area contributed by atoms with Crippen LogP contribution >= 0.6 is 0 Å². The summed E-state index contributed by atoms with van der Waals surface area (Å²) in [4.78, 5) is 15.9. The van der Waals surface area contributed by atoms with E-state index in [4.69, 9.17) is 0 Å². The molecular formula is C13H15FN4O. The Labute approximate surface area is 110 Å². The van der Waals surface area contributed by atoms with Crippen LogP contribution in [0, 0.1) is 12.7 Å². The molecule has 0 unspecified atom stereocenters. The normalized spacial score (nSPS) is 10.8. The zero-order valence-corrected chi connectivity index (χ0v) is 11.0. The summed E-state index contributed by atoms with van der Waals surface area (Å²) < 4.78 is 13.5. The van der Waals surface area contributed by atoms with Gasteiger partial charge < -0.3 is 5.32 Å². The van der Waals surface area contributed by atoms with E-state index in [0.717, 1.165) is 5.56 Å². The number of hydrogen-bond acceptors (Lipinski definition) is 3. The van der Waals surface area contributed by atoms with Gasteiger partial charge in [0.25, 0.3) is 5.91 Å². The van der Waals surface area contributed by atoms with Crippen molar-refractivity contribution in [3.05, 3.63) is 41.2 Å². The Kier molecular flexibility index (Phi) is 3.59. The second-order valence-corrected chi connectivity index (χ2v) is 4.64. The van der Waals surface area contributed by atoms with Crippen molar-refractivity contribution in [2.24, 2.45) is 0 Å². The van der Waals surface area contributed by atoms with E-state index in [2.05, 4.69) is 20.5 Å². The molecule has 1 aromatic carbocycles. The van der Waals surface area contributed by atoms with E-state index in [-0.39, 0.29) is 17.4 Å². The number of anilines is 1. The minimum absolute atomic E-state index is 0.00426. The van der Waals surface area contributed by atoms with Gasteiger partial charge in [0.05, 0.1) is 5.69 Å². The summed E-state index contributed by atoms with van der Waals surface area (Å²) in [5.41, 5.74) is 0.982. The molecular weight excluding hydrogens is 247 g/mol. The van der Waals surface area contributed by atoms with Gasteiger partial charge in [-0.2, -0.15) is 0 Å². The van der Waals surface area contributed by atoms with Crippen molar-refractivity contribution in [1.82, 2.24) is 15.2 Å². The number of aryl methyl sites for hydroxylation is 1. The van der Waals surface area contributed by atoms with Gasteiger partial charge in [0.15, 0.2) is 0 Å². The maximum absolute atomic E-state index is 13.5. The number of halogens is 1. The largest absolute Gasteiger partial charge is 0.317 e. The number of carbonyl (C=O) groups excluding carboxylic acids is 1. The number of carbonyl (C=O) groups is 1. The van der Waals surface area contributed by atoms with Crippen LogP contribution in [0.1, 0.15) is 41.8 Å². The highest BCUT2D eigenvalue weighted by Gasteiger charge is 2.15. The molecule has 0 saturated carbocycles. The molecule has 1 amide bonds. The summed E-state index contributed by atoms with van der Waals surface area (Å²) in [6, 6.07) is 4.50. The highest BCUT2D eigenvalue weighted by Crippen LogP contribution is 2.16. The molecule has 0 aliphatic rings. The third kappa shape index (κ3) is 2.96. The highest BCUT2D eigenvalue weighted by molar-refractivity contribution is 6.01. The minimum atomic E-state index is -0.535. The highest BCUT2D eigenvalue weighted by atomic mass is 19.1. The lowest BCUT2D eigenvalue weighted by molar-refractivity contribution is 0.101. The number of aromatic amines is 1. The van der Waals surface area contributed by atoms with E-state index in [0.29, 0.717) is 5.82 Å². The van der Waals surface area contributed by atoms with Gasteiger partial charge in [-0.1, -0.05) is 19.9 Å². The van der Waals surface area contributed by atoms with E-state index >= 15 is 0 Å². The van der Waals surface area contributed by atoms with E-state index in [1.165, 1.54) is 6.07 Å². The van der Waals surface area contributed by atoms with Crippen LogP contribution in [-0.2, 0) is 0 Å². The van der Waals surface area contributed by atoms with Gasteiger partial charge in [-0.25, -0.2) is 9.37 Å². The molecule has 2 rings (SSSR count). The van der Waals surface area contributed by atoms with Crippen molar-refractivity contribution in [1.29, 1.82) is 0 Å². The van der Waals surface area contributed by atoms with Crippen molar-refractivity contribution in [3.63, 3.8) is 0 Å². The van der Waals surface area contributed by atoms with Crippen molar-refractivity contribution in [3.8, 4) is 0 Å². The maximum Gasteiger partial charge on any atom is 0.295 e. The Morgan fingerprint density at radius 3 is 2.79 bits per heavy atom. The molecule has 1 heterocycles. The lowest BCUT2D eigenvalue weighted by atomic mass is 10.2. The molecule has 0 aliphatic carbocycles. The minimum Gasteiger partial charge on any atom is -0.317 e. The molecule has 19 heavy (non-hydrogen) atoms. The van der Waals surface area contributed by atoms with Crippen LogP contribution < -0.4 is 5.32 Å². The summed E-state index contributed by atoms with van der Waals surface area (Å²) in [6.07, 6.45) is 0. The lowest BCUT2D eigenvalue weighted by Gasteiger charge is -2.05. The predicted molar refractivity (Wildman–Crippen MR) is 69.6 cm³/mol. The van der Waals surface area contributed by atoms with Gasteiger partial charge in [-0.15, -0.1) is 5.10 Å². The fourth-order valence-corrected chi connectivity index (χ4v) is 1.55. The number of nitrogens with one attached hydrogen (secondary N) is 2. The van der Waals surface area contributed by atoms with Crippen molar-refractivity contribution in [2.75, 3.05) is 5.32 Å². The lowest BCUT2D eigenvalue weighted by Crippen LogP contribution is -2.15. The Morgan fingerprint density at radius 1 is 1.42 bits per heavy atom. The monoisotopic (exact) mass is 262 g/mol. The number of hydrogen-bond donors (Lipinski definition) is 2. The van der Waals surface area contributed by atoms with E-state index in [1.807, 2.05) is 20.8 Å². The molecule has 0 aliphatic heterocycles. The van der Waals surface area contributed by atoms with Crippen LogP contribution in [0.25, 0.3) is 0 Å². The Bertz CT molecular complexity index is 606. The number of amides is 1. The van der Waals surface area contributed by atoms with Crippen LogP contribution in [0.2, 0.25) is 0 Å². The van der Waals surface area contributed by atoms with Gasteiger partial charge in [-0.3, -0.25) is 9.89 Å². The van der Waals surface area contributed by atoms with Crippen LogP contribution in [-0.4, -0.2) is 21.1 Å². The smallest absolute Gasteiger partial charge is 0.295 e. The standard InChI is InChI=1S/C13H15FN4O/c1-7(2)11-16-12(18-17-11)13(19)15-10-6-8(3)4-5-9(10)14/h4-7H,1-3H3,(H,15,19)(H,16,17,18). The first-order valence-corrected chi connectivity index (χ1v) is 5.97. The first kappa shape index (κ1) is 13.2. The third-order valence-electron chi connectivity index (χ3n) is 2.62. The topological polar surface area (TPSA) is 70.7 Å². The first-order valence-electron chi connectivity index (χ1n) is 5.97. The Hall–Kier alpha value is -2.24. The molecule has 5 nitrogen and oxygen atoms in total. The molecule has 0 bridgehead atoms. The number of rotatable bonds is 3. The molecule has 0 atom stereocenters. The summed E-state index contributed by atoms with van der Waals surface area (Å²) in [7, 11) is 0. The summed E-state index contributed by atoms with van der Waals surface area (Å²) in [6.45, 7) is 5.68. The van der Waals surface area contributed by atoms with E-state index in [1.54, 1.807) is 12.1 Å². The Morgan fingerprint density at radius 2 is 2.16 bits per heavy atom.